The summed E-state index contributed by atoms with van der Waals surface area (Å²) in [6.07, 6.45) is 14.2. The van der Waals surface area contributed by atoms with E-state index in [1.54, 1.807) is 7.05 Å². The largest absolute Gasteiger partial charge is 0.487 e. The van der Waals surface area contributed by atoms with Gasteiger partial charge in [0.15, 0.2) is 0 Å². The molecule has 1 rings (SSSR count). The Balaban J connectivity index is 0. The van der Waals surface area contributed by atoms with Gasteiger partial charge in [-0.25, -0.2) is 4.39 Å². The molecule has 0 aliphatic carbocycles. The molecule has 0 bridgehead atoms. The molecule has 0 saturated carbocycles. The maximum absolute atomic E-state index is 13.4. The monoisotopic (exact) mass is 333 g/mol. The molecule has 0 aliphatic rings. The zero-order valence-electron chi connectivity index (χ0n) is 15.0. The molecule has 132 valence electrons. The third-order valence-electron chi connectivity index (χ3n) is 2.80. The van der Waals surface area contributed by atoms with Crippen molar-refractivity contribution in [3.05, 3.63) is 53.4 Å². The number of allylic oxidation sites excluding steroid dienone is 3. The molecule has 1 amide bonds. The van der Waals surface area contributed by atoms with E-state index in [2.05, 4.69) is 25.1 Å². The Bertz CT molecular complexity index is 516. The van der Waals surface area contributed by atoms with Crippen molar-refractivity contribution in [1.29, 1.82) is 0 Å². The highest BCUT2D eigenvalue weighted by Crippen LogP contribution is 2.15. The minimum absolute atomic E-state index is 0.0156. The average Bonchev–Trinajstić information content (AvgIpc) is 2.63. The van der Waals surface area contributed by atoms with Crippen LogP contribution in [0.5, 0.6) is 5.75 Å². The van der Waals surface area contributed by atoms with E-state index in [1.165, 1.54) is 11.6 Å². The Morgan fingerprint density at radius 2 is 1.83 bits per heavy atom. The summed E-state index contributed by atoms with van der Waals surface area (Å²) in [5.74, 6) is 0.444. The number of benzene rings is 1. The zero-order chi connectivity index (χ0) is 18.8. The number of hydrogen-bond acceptors (Lipinski definition) is 2. The highest BCUT2D eigenvalue weighted by atomic mass is 19.1. The summed E-state index contributed by atoms with van der Waals surface area (Å²) in [4.78, 5) is 9.06. The second-order valence-electron chi connectivity index (χ2n) is 4.71. The second-order valence-corrected chi connectivity index (χ2v) is 4.71. The molecule has 0 aromatic heterocycles. The van der Waals surface area contributed by atoms with Crippen molar-refractivity contribution in [2.75, 3.05) is 13.7 Å². The van der Waals surface area contributed by atoms with Gasteiger partial charge in [0.05, 0.1) is 0 Å². The standard InChI is InChI=1S/C16H21FO.C2H5NO.C2H2/c1-4-6-14-7-9-16(10-8-14)18-12-15(17)11-13(3)5-2;1-3-2-4;1-2/h5,7-11H,4,6,12H2,1-3H3;2H,1H3,(H,3,4);1-2H/b13-5-,15-11+;;. The van der Waals surface area contributed by atoms with Gasteiger partial charge in [0.25, 0.3) is 0 Å². The summed E-state index contributed by atoms with van der Waals surface area (Å²) in [5, 5.41) is 2.25. The fourth-order valence-corrected chi connectivity index (χ4v) is 1.57. The number of terminal acetylenes is 1. The molecule has 0 saturated heterocycles. The van der Waals surface area contributed by atoms with Crippen molar-refractivity contribution >= 4 is 6.41 Å². The molecule has 1 N–H and O–H groups in total. The third-order valence-corrected chi connectivity index (χ3v) is 2.80. The third kappa shape index (κ3) is 13.1. The molecule has 0 radical (unpaired) electrons. The van der Waals surface area contributed by atoms with E-state index in [0.717, 1.165) is 18.4 Å². The molecule has 0 heterocycles. The average molecular weight is 333 g/mol. The maximum atomic E-state index is 13.4. The molecule has 0 fully saturated rings. The number of halogens is 1. The van der Waals surface area contributed by atoms with E-state index in [4.69, 9.17) is 9.53 Å². The Kier molecular flexibility index (Phi) is 16.6. The van der Waals surface area contributed by atoms with Gasteiger partial charge in [-0.15, -0.1) is 12.8 Å². The van der Waals surface area contributed by atoms with Crippen molar-refractivity contribution < 1.29 is 13.9 Å². The topological polar surface area (TPSA) is 38.3 Å². The van der Waals surface area contributed by atoms with Crippen molar-refractivity contribution in [3.8, 4) is 18.6 Å². The number of carbonyl (C=O) groups is 1. The van der Waals surface area contributed by atoms with Crippen LogP contribution >= 0.6 is 0 Å². The van der Waals surface area contributed by atoms with E-state index < -0.39 is 0 Å². The van der Waals surface area contributed by atoms with Crippen LogP contribution in [0.4, 0.5) is 4.39 Å². The van der Waals surface area contributed by atoms with Crippen LogP contribution in [0.2, 0.25) is 0 Å². The van der Waals surface area contributed by atoms with Crippen LogP contribution in [0.15, 0.2) is 47.8 Å². The summed E-state index contributed by atoms with van der Waals surface area (Å²) in [6.45, 7) is 5.87. The van der Waals surface area contributed by atoms with Gasteiger partial charge < -0.3 is 10.1 Å². The van der Waals surface area contributed by atoms with Gasteiger partial charge in [-0.3, -0.25) is 4.79 Å². The van der Waals surface area contributed by atoms with Crippen LogP contribution in [0.3, 0.4) is 0 Å². The van der Waals surface area contributed by atoms with Crippen LogP contribution in [0, 0.1) is 12.8 Å². The van der Waals surface area contributed by atoms with Gasteiger partial charge in [0.1, 0.15) is 18.2 Å². The summed E-state index contributed by atoms with van der Waals surface area (Å²) in [7, 11) is 1.56. The molecule has 1 aromatic rings. The quantitative estimate of drug-likeness (QED) is 0.455. The van der Waals surface area contributed by atoms with Crippen molar-refractivity contribution in [2.24, 2.45) is 0 Å². The van der Waals surface area contributed by atoms with Gasteiger partial charge in [0, 0.05) is 7.05 Å². The van der Waals surface area contributed by atoms with Gasteiger partial charge in [-0.2, -0.15) is 0 Å². The number of nitrogens with one attached hydrogen (secondary N) is 1. The highest BCUT2D eigenvalue weighted by molar-refractivity contribution is 5.44. The minimum atomic E-state index is -0.261. The van der Waals surface area contributed by atoms with E-state index in [0.29, 0.717) is 12.2 Å². The fourth-order valence-electron chi connectivity index (χ4n) is 1.57. The maximum Gasteiger partial charge on any atom is 0.206 e. The van der Waals surface area contributed by atoms with E-state index in [-0.39, 0.29) is 12.4 Å². The lowest BCUT2D eigenvalue weighted by molar-refractivity contribution is -0.109. The number of aryl methyl sites for hydroxylation is 1. The summed E-state index contributed by atoms with van der Waals surface area (Å²) in [5.41, 5.74) is 2.18. The molecule has 3 nitrogen and oxygen atoms in total. The second kappa shape index (κ2) is 16.8. The van der Waals surface area contributed by atoms with Crippen LogP contribution in [0.25, 0.3) is 0 Å². The van der Waals surface area contributed by atoms with Crippen molar-refractivity contribution in [1.82, 2.24) is 5.32 Å². The molecule has 0 unspecified atom stereocenters. The summed E-state index contributed by atoms with van der Waals surface area (Å²) < 4.78 is 18.8. The number of hydrogen-bond donors (Lipinski definition) is 1. The Labute approximate surface area is 145 Å². The lowest BCUT2D eigenvalue weighted by atomic mass is 10.1. The van der Waals surface area contributed by atoms with Crippen LogP contribution in [-0.4, -0.2) is 20.1 Å². The molecule has 4 heteroatoms. The predicted octanol–water partition coefficient (Wildman–Crippen LogP) is 4.45. The molecule has 24 heavy (non-hydrogen) atoms. The molecule has 1 aromatic carbocycles. The first-order valence-corrected chi connectivity index (χ1v) is 7.72. The minimum Gasteiger partial charge on any atom is -0.487 e. The molecule has 0 aliphatic heterocycles. The summed E-state index contributed by atoms with van der Waals surface area (Å²) >= 11 is 0. The first-order valence-electron chi connectivity index (χ1n) is 7.72. The number of rotatable bonds is 7. The molecular formula is C20H28FNO2. The van der Waals surface area contributed by atoms with Gasteiger partial charge in [-0.1, -0.05) is 37.1 Å². The normalized spacial score (nSPS) is 10.5. The smallest absolute Gasteiger partial charge is 0.206 e. The molecule has 0 atom stereocenters. The van der Waals surface area contributed by atoms with Crippen LogP contribution < -0.4 is 10.1 Å². The van der Waals surface area contributed by atoms with E-state index in [9.17, 15) is 4.39 Å². The number of ether oxygens (including phenoxy) is 1. The van der Waals surface area contributed by atoms with Crippen LogP contribution in [-0.2, 0) is 11.2 Å². The predicted molar refractivity (Wildman–Crippen MR) is 99.6 cm³/mol. The number of amides is 1. The Morgan fingerprint density at radius 1 is 1.29 bits per heavy atom. The number of carbonyl (C=O) groups excluding carboxylic acids is 1. The zero-order valence-corrected chi connectivity index (χ0v) is 15.0. The fraction of sp³-hybridized carbons (Fsp3) is 0.350. The molecule has 0 spiro atoms. The van der Waals surface area contributed by atoms with Crippen LogP contribution in [0.1, 0.15) is 32.8 Å². The van der Waals surface area contributed by atoms with E-state index in [1.807, 2.05) is 44.2 Å². The van der Waals surface area contributed by atoms with E-state index >= 15 is 0 Å². The lowest BCUT2D eigenvalue weighted by Gasteiger charge is -2.06. The summed E-state index contributed by atoms with van der Waals surface area (Å²) in [6, 6.07) is 7.83. The highest BCUT2D eigenvalue weighted by Gasteiger charge is 1.99. The van der Waals surface area contributed by atoms with Crippen molar-refractivity contribution in [3.63, 3.8) is 0 Å². The lowest BCUT2D eigenvalue weighted by Crippen LogP contribution is -1.98. The van der Waals surface area contributed by atoms with Gasteiger partial charge in [-0.05, 0) is 44.0 Å². The Hall–Kier alpha value is -2.54. The molecular weight excluding hydrogens is 305 g/mol. The Morgan fingerprint density at radius 3 is 2.25 bits per heavy atom. The first kappa shape index (κ1) is 23.7. The SMILES string of the molecule is C#C.C/C=C(C)\C=C(\F)COc1ccc(CCC)cc1.CNC=O. The first-order chi connectivity index (χ1) is 11.6. The van der Waals surface area contributed by atoms with Crippen molar-refractivity contribution in [2.45, 2.75) is 33.6 Å². The van der Waals surface area contributed by atoms with Gasteiger partial charge >= 0.3 is 0 Å². The van der Waals surface area contributed by atoms with Gasteiger partial charge in [0.2, 0.25) is 6.41 Å².